The highest BCUT2D eigenvalue weighted by atomic mass is 16.5. The van der Waals surface area contributed by atoms with Crippen LogP contribution in [-0.2, 0) is 6.54 Å². The van der Waals surface area contributed by atoms with Gasteiger partial charge in [-0.3, -0.25) is 4.79 Å². The second-order valence-electron chi connectivity index (χ2n) is 8.84. The topological polar surface area (TPSA) is 93.6 Å². The van der Waals surface area contributed by atoms with Gasteiger partial charge < -0.3 is 25.1 Å². The highest BCUT2D eigenvalue weighted by Gasteiger charge is 2.13. The third-order valence-electron chi connectivity index (χ3n) is 6.27. The zero-order valence-electron chi connectivity index (χ0n) is 19.7. The molecule has 0 spiro atoms. The molecule has 0 unspecified atom stereocenters. The first-order chi connectivity index (χ1) is 17.2. The predicted molar refractivity (Wildman–Crippen MR) is 138 cm³/mol. The molecule has 3 N–H and O–H groups in total. The van der Waals surface area contributed by atoms with Crippen molar-refractivity contribution < 1.29 is 13.9 Å². The summed E-state index contributed by atoms with van der Waals surface area (Å²) in [7, 11) is 0. The van der Waals surface area contributed by atoms with E-state index < -0.39 is 0 Å². The fourth-order valence-corrected chi connectivity index (χ4v) is 4.33. The predicted octanol–water partition coefficient (Wildman–Crippen LogP) is 5.07. The van der Waals surface area contributed by atoms with Crippen molar-refractivity contribution in [1.82, 2.24) is 9.88 Å². The van der Waals surface area contributed by atoms with Crippen molar-refractivity contribution in [3.05, 3.63) is 77.9 Å². The Morgan fingerprint density at radius 2 is 1.89 bits per heavy atom. The Hall–Kier alpha value is -3.68. The van der Waals surface area contributed by atoms with E-state index in [9.17, 15) is 4.79 Å². The highest BCUT2D eigenvalue weighted by molar-refractivity contribution is 6.04. The lowest BCUT2D eigenvalue weighted by Crippen LogP contribution is -2.21. The highest BCUT2D eigenvalue weighted by Crippen LogP contribution is 2.28. The molecule has 1 aliphatic rings. The number of ether oxygens (including phenoxy) is 1. The van der Waals surface area contributed by atoms with Gasteiger partial charge in [0, 0.05) is 36.0 Å². The fourth-order valence-electron chi connectivity index (χ4n) is 4.33. The monoisotopic (exact) mass is 470 g/mol. The number of oxazole rings is 1. The summed E-state index contributed by atoms with van der Waals surface area (Å²) >= 11 is 0. The van der Waals surface area contributed by atoms with Crippen LogP contribution in [0.5, 0.6) is 5.75 Å². The number of carbonyl (C=O) groups excluding carboxylic acids is 1. The fraction of sp³-hybridized carbons (Fsp3) is 0.286. The second-order valence-corrected chi connectivity index (χ2v) is 8.84. The van der Waals surface area contributed by atoms with E-state index in [-0.39, 0.29) is 5.91 Å². The molecule has 1 fully saturated rings. The summed E-state index contributed by atoms with van der Waals surface area (Å²) in [4.78, 5) is 19.7. The Morgan fingerprint density at radius 1 is 1.06 bits per heavy atom. The SMILES string of the molecule is NCc1ccc(C(=O)Nc2cccc(-c3nc4ccc(OCCCN5CCCC5)cc4o3)c2)cc1. The van der Waals surface area contributed by atoms with E-state index in [1.807, 2.05) is 54.6 Å². The molecule has 1 amide bonds. The number of hydrogen-bond acceptors (Lipinski definition) is 6. The molecule has 180 valence electrons. The first-order valence-corrected chi connectivity index (χ1v) is 12.1. The van der Waals surface area contributed by atoms with Crippen LogP contribution in [0.4, 0.5) is 5.69 Å². The molecule has 5 rings (SSSR count). The molecular formula is C28H30N4O3. The number of nitrogens with two attached hydrogens (primary N) is 1. The lowest BCUT2D eigenvalue weighted by atomic mass is 10.1. The lowest BCUT2D eigenvalue weighted by molar-refractivity contribution is 0.102. The summed E-state index contributed by atoms with van der Waals surface area (Å²) in [6.07, 6.45) is 3.63. The van der Waals surface area contributed by atoms with Gasteiger partial charge in [-0.05, 0) is 80.4 Å². The van der Waals surface area contributed by atoms with Crippen molar-refractivity contribution in [3.8, 4) is 17.2 Å². The third kappa shape index (κ3) is 5.70. The first kappa shape index (κ1) is 23.1. The standard InChI is InChI=1S/C28H30N4O3/c29-19-20-7-9-21(10-8-20)27(33)30-23-6-3-5-22(17-23)28-31-25-12-11-24(18-26(25)35-28)34-16-4-15-32-13-1-2-14-32/h3,5-12,17-18H,1-2,4,13-16,19,29H2,(H,30,33). The zero-order chi connectivity index (χ0) is 24.0. The average Bonchev–Trinajstić information content (AvgIpc) is 3.56. The molecule has 35 heavy (non-hydrogen) atoms. The van der Waals surface area contributed by atoms with E-state index in [1.54, 1.807) is 12.1 Å². The van der Waals surface area contributed by atoms with Crippen LogP contribution < -0.4 is 15.8 Å². The molecule has 0 atom stereocenters. The minimum atomic E-state index is -0.185. The van der Waals surface area contributed by atoms with Crippen molar-refractivity contribution in [1.29, 1.82) is 0 Å². The molecule has 1 aromatic heterocycles. The Labute approximate surface area is 204 Å². The quantitative estimate of drug-likeness (QED) is 0.332. The molecule has 0 aliphatic carbocycles. The second kappa shape index (κ2) is 10.7. The van der Waals surface area contributed by atoms with Gasteiger partial charge in [0.15, 0.2) is 5.58 Å². The van der Waals surface area contributed by atoms with Gasteiger partial charge in [0.25, 0.3) is 5.91 Å². The summed E-state index contributed by atoms with van der Waals surface area (Å²) in [6, 6.07) is 20.5. The van der Waals surface area contributed by atoms with Crippen LogP contribution >= 0.6 is 0 Å². The molecule has 0 radical (unpaired) electrons. The van der Waals surface area contributed by atoms with E-state index in [0.29, 0.717) is 35.9 Å². The van der Waals surface area contributed by atoms with Crippen LogP contribution in [0.3, 0.4) is 0 Å². The molecule has 4 aromatic rings. The minimum Gasteiger partial charge on any atom is -0.493 e. The molecule has 3 aromatic carbocycles. The van der Waals surface area contributed by atoms with Gasteiger partial charge in [-0.15, -0.1) is 0 Å². The van der Waals surface area contributed by atoms with E-state index >= 15 is 0 Å². The van der Waals surface area contributed by atoms with E-state index in [4.69, 9.17) is 14.9 Å². The van der Waals surface area contributed by atoms with E-state index in [1.165, 1.54) is 25.9 Å². The molecule has 0 saturated carbocycles. The van der Waals surface area contributed by atoms with Crippen molar-refractivity contribution in [3.63, 3.8) is 0 Å². The number of carbonyl (C=O) groups is 1. The molecule has 7 nitrogen and oxygen atoms in total. The number of anilines is 1. The minimum absolute atomic E-state index is 0.185. The maximum atomic E-state index is 12.6. The Morgan fingerprint density at radius 3 is 2.69 bits per heavy atom. The van der Waals surface area contributed by atoms with Gasteiger partial charge in [-0.1, -0.05) is 18.2 Å². The van der Waals surface area contributed by atoms with Crippen molar-refractivity contribution >= 4 is 22.7 Å². The summed E-state index contributed by atoms with van der Waals surface area (Å²) in [6.45, 7) is 4.63. The normalized spacial score (nSPS) is 13.9. The summed E-state index contributed by atoms with van der Waals surface area (Å²) in [5.74, 6) is 1.09. The third-order valence-corrected chi connectivity index (χ3v) is 6.27. The summed E-state index contributed by atoms with van der Waals surface area (Å²) < 4.78 is 12.0. The van der Waals surface area contributed by atoms with Gasteiger partial charge in [0.1, 0.15) is 11.3 Å². The number of aromatic nitrogens is 1. The van der Waals surface area contributed by atoms with Crippen molar-refractivity contribution in [2.45, 2.75) is 25.8 Å². The van der Waals surface area contributed by atoms with Crippen LogP contribution in [0.25, 0.3) is 22.6 Å². The van der Waals surface area contributed by atoms with Crippen molar-refractivity contribution in [2.24, 2.45) is 5.73 Å². The van der Waals surface area contributed by atoms with Crippen LogP contribution in [0.15, 0.2) is 71.1 Å². The summed E-state index contributed by atoms with van der Waals surface area (Å²) in [5, 5.41) is 2.93. The number of rotatable bonds is 9. The number of nitrogens with zero attached hydrogens (tertiary/aromatic N) is 2. The molecule has 0 bridgehead atoms. The number of hydrogen-bond donors (Lipinski definition) is 2. The molecule has 7 heteroatoms. The molecule has 1 aliphatic heterocycles. The van der Waals surface area contributed by atoms with Gasteiger partial charge in [0.2, 0.25) is 5.89 Å². The average molecular weight is 471 g/mol. The van der Waals surface area contributed by atoms with Crippen LogP contribution in [0.1, 0.15) is 35.2 Å². The number of amides is 1. The maximum absolute atomic E-state index is 12.6. The van der Waals surface area contributed by atoms with Gasteiger partial charge in [-0.25, -0.2) is 4.98 Å². The smallest absolute Gasteiger partial charge is 0.255 e. The molecular weight excluding hydrogens is 440 g/mol. The number of benzene rings is 3. The first-order valence-electron chi connectivity index (χ1n) is 12.1. The van der Waals surface area contributed by atoms with Gasteiger partial charge >= 0.3 is 0 Å². The number of nitrogens with one attached hydrogen (secondary N) is 1. The molecule has 1 saturated heterocycles. The number of likely N-dealkylation sites (tertiary alicyclic amines) is 1. The largest absolute Gasteiger partial charge is 0.493 e. The summed E-state index contributed by atoms with van der Waals surface area (Å²) in [5.41, 5.74) is 10.1. The van der Waals surface area contributed by atoms with Crippen molar-refractivity contribution in [2.75, 3.05) is 31.6 Å². The van der Waals surface area contributed by atoms with Crippen LogP contribution in [-0.4, -0.2) is 42.0 Å². The van der Waals surface area contributed by atoms with Gasteiger partial charge in [0.05, 0.1) is 6.61 Å². The maximum Gasteiger partial charge on any atom is 0.255 e. The van der Waals surface area contributed by atoms with Crippen LogP contribution in [0.2, 0.25) is 0 Å². The Balaban J connectivity index is 1.23. The van der Waals surface area contributed by atoms with E-state index in [2.05, 4.69) is 15.2 Å². The molecule has 2 heterocycles. The number of fused-ring (bicyclic) bond motifs is 1. The Bertz CT molecular complexity index is 1290. The van der Waals surface area contributed by atoms with E-state index in [0.717, 1.165) is 35.4 Å². The zero-order valence-corrected chi connectivity index (χ0v) is 19.7. The lowest BCUT2D eigenvalue weighted by Gasteiger charge is -2.14. The Kier molecular flexibility index (Phi) is 7.07. The van der Waals surface area contributed by atoms with Gasteiger partial charge in [-0.2, -0.15) is 0 Å². The van der Waals surface area contributed by atoms with Crippen LogP contribution in [0, 0.1) is 0 Å².